The highest BCUT2D eigenvalue weighted by Crippen LogP contribution is 2.49. The molecule has 0 aliphatic carbocycles. The number of para-hydroxylation sites is 1. The predicted molar refractivity (Wildman–Crippen MR) is 152 cm³/mol. The van der Waals surface area contributed by atoms with Gasteiger partial charge in [-0.2, -0.15) is 4.98 Å². The Balaban J connectivity index is 1.29. The molecule has 0 saturated carbocycles. The van der Waals surface area contributed by atoms with Crippen molar-refractivity contribution >= 4 is 28.9 Å². The number of aliphatic hydroxyl groups is 1. The Hall–Kier alpha value is -3.68. The van der Waals surface area contributed by atoms with Crippen LogP contribution in [0.4, 0.5) is 11.4 Å². The molecular formula is C31H31ClN4O3. The van der Waals surface area contributed by atoms with Gasteiger partial charge < -0.3 is 19.4 Å². The number of piperidine rings is 1. The fourth-order valence-electron chi connectivity index (χ4n) is 5.99. The Morgan fingerprint density at radius 2 is 1.69 bits per heavy atom. The first-order valence-electron chi connectivity index (χ1n) is 13.4. The Morgan fingerprint density at radius 1 is 1.00 bits per heavy atom. The second kappa shape index (κ2) is 9.81. The van der Waals surface area contributed by atoms with E-state index in [0.29, 0.717) is 27.9 Å². The van der Waals surface area contributed by atoms with Crippen molar-refractivity contribution in [2.75, 3.05) is 29.9 Å². The molecule has 2 aliphatic heterocycles. The van der Waals surface area contributed by atoms with E-state index in [1.54, 1.807) is 11.9 Å². The van der Waals surface area contributed by atoms with Crippen molar-refractivity contribution in [1.82, 2.24) is 10.1 Å². The average Bonchev–Trinajstić information content (AvgIpc) is 3.45. The molecule has 1 saturated heterocycles. The number of fused-ring (bicyclic) bond motifs is 2. The minimum absolute atomic E-state index is 0.0822. The monoisotopic (exact) mass is 542 g/mol. The van der Waals surface area contributed by atoms with E-state index in [-0.39, 0.29) is 17.7 Å². The number of carbonyl (C=O) groups is 1. The number of benzene rings is 3. The van der Waals surface area contributed by atoms with Crippen LogP contribution in [0.1, 0.15) is 59.9 Å². The molecule has 7 nitrogen and oxygen atoms in total. The third-order valence-electron chi connectivity index (χ3n) is 8.13. The fourth-order valence-corrected chi connectivity index (χ4v) is 6.29. The number of rotatable bonds is 4. The van der Waals surface area contributed by atoms with Crippen molar-refractivity contribution in [2.24, 2.45) is 5.92 Å². The highest BCUT2D eigenvalue weighted by atomic mass is 35.5. The van der Waals surface area contributed by atoms with Crippen LogP contribution in [0.2, 0.25) is 5.02 Å². The molecule has 1 amide bonds. The van der Waals surface area contributed by atoms with Crippen molar-refractivity contribution in [3.05, 3.63) is 94.3 Å². The van der Waals surface area contributed by atoms with E-state index in [9.17, 15) is 9.90 Å². The normalized spacial score (nSPS) is 19.7. The number of halogens is 1. The van der Waals surface area contributed by atoms with Crippen LogP contribution in [-0.4, -0.2) is 41.3 Å². The van der Waals surface area contributed by atoms with Crippen LogP contribution in [0.25, 0.3) is 11.5 Å². The fraction of sp³-hybridized carbons (Fsp3) is 0.323. The van der Waals surface area contributed by atoms with E-state index in [4.69, 9.17) is 16.1 Å². The molecule has 2 aliphatic rings. The molecule has 3 heterocycles. The minimum Gasteiger partial charge on any atom is -0.380 e. The summed E-state index contributed by atoms with van der Waals surface area (Å²) in [6, 6.07) is 21.0. The van der Waals surface area contributed by atoms with Gasteiger partial charge in [0, 0.05) is 48.3 Å². The van der Waals surface area contributed by atoms with Crippen LogP contribution in [-0.2, 0) is 5.60 Å². The molecule has 1 aromatic heterocycles. The maximum absolute atomic E-state index is 13.4. The lowest BCUT2D eigenvalue weighted by Crippen LogP contribution is -2.44. The van der Waals surface area contributed by atoms with Crippen molar-refractivity contribution in [1.29, 1.82) is 0 Å². The second-order valence-electron chi connectivity index (χ2n) is 10.7. The van der Waals surface area contributed by atoms with E-state index in [0.717, 1.165) is 48.4 Å². The molecule has 39 heavy (non-hydrogen) atoms. The Kier molecular flexibility index (Phi) is 6.44. The molecule has 200 valence electrons. The summed E-state index contributed by atoms with van der Waals surface area (Å²) >= 11 is 6.76. The number of nitrogens with zero attached hydrogens (tertiary/aromatic N) is 4. The molecule has 6 rings (SSSR count). The highest BCUT2D eigenvalue weighted by Gasteiger charge is 2.47. The summed E-state index contributed by atoms with van der Waals surface area (Å²) in [4.78, 5) is 21.8. The lowest BCUT2D eigenvalue weighted by atomic mass is 9.70. The lowest BCUT2D eigenvalue weighted by Gasteiger charge is -2.43. The van der Waals surface area contributed by atoms with E-state index < -0.39 is 5.60 Å². The topological polar surface area (TPSA) is 82.7 Å². The number of hydrogen-bond acceptors (Lipinski definition) is 6. The molecule has 1 fully saturated rings. The van der Waals surface area contributed by atoms with E-state index in [1.807, 2.05) is 80.6 Å². The van der Waals surface area contributed by atoms with Crippen LogP contribution in [0.15, 0.2) is 71.3 Å². The highest BCUT2D eigenvalue weighted by molar-refractivity contribution is 6.33. The first-order chi connectivity index (χ1) is 18.8. The van der Waals surface area contributed by atoms with Crippen LogP contribution < -0.4 is 9.80 Å². The minimum atomic E-state index is -1.29. The number of anilines is 2. The average molecular weight is 543 g/mol. The predicted octanol–water partition coefficient (Wildman–Crippen LogP) is 6.26. The third kappa shape index (κ3) is 4.21. The molecular weight excluding hydrogens is 512 g/mol. The molecule has 0 radical (unpaired) electrons. The summed E-state index contributed by atoms with van der Waals surface area (Å²) in [6.07, 6.45) is 1.47. The van der Waals surface area contributed by atoms with Crippen molar-refractivity contribution in [3.8, 4) is 11.5 Å². The van der Waals surface area contributed by atoms with Crippen LogP contribution >= 0.6 is 11.6 Å². The molecule has 0 bridgehead atoms. The van der Waals surface area contributed by atoms with Gasteiger partial charge in [0.2, 0.25) is 0 Å². The molecule has 1 N–H and O–H groups in total. The number of amides is 1. The first-order valence-corrected chi connectivity index (χ1v) is 13.7. The molecule has 4 aromatic rings. The molecule has 1 atom stereocenters. The summed E-state index contributed by atoms with van der Waals surface area (Å²) in [5, 5.41) is 17.3. The first kappa shape index (κ1) is 25.6. The van der Waals surface area contributed by atoms with Gasteiger partial charge in [0.05, 0.1) is 16.4 Å². The Bertz CT molecular complexity index is 1540. The third-order valence-corrected chi connectivity index (χ3v) is 8.43. The van der Waals surface area contributed by atoms with Gasteiger partial charge in [0.25, 0.3) is 11.8 Å². The van der Waals surface area contributed by atoms with Crippen molar-refractivity contribution in [2.45, 2.75) is 38.2 Å². The van der Waals surface area contributed by atoms with Gasteiger partial charge in [-0.1, -0.05) is 67.0 Å². The molecule has 3 aromatic carbocycles. The summed E-state index contributed by atoms with van der Waals surface area (Å²) in [5.41, 5.74) is 3.16. The summed E-state index contributed by atoms with van der Waals surface area (Å²) in [5.74, 6) is 1.11. The number of hydrogen-bond donors (Lipinski definition) is 1. The molecule has 8 heteroatoms. The van der Waals surface area contributed by atoms with Crippen LogP contribution in [0, 0.1) is 5.92 Å². The van der Waals surface area contributed by atoms with Crippen LogP contribution in [0.3, 0.4) is 0 Å². The SMILES string of the molecule is CC(C)c1noc(-c2ccc(N3CCC(C4(O)c5ccccc5C(=O)N(C)c5ccccc54)CC3)c(Cl)c2)n1. The van der Waals surface area contributed by atoms with Gasteiger partial charge in [-0.3, -0.25) is 4.79 Å². The summed E-state index contributed by atoms with van der Waals surface area (Å²) in [7, 11) is 1.77. The van der Waals surface area contributed by atoms with E-state index in [2.05, 4.69) is 15.0 Å². The number of carbonyl (C=O) groups excluding carboxylic acids is 1. The Morgan fingerprint density at radius 3 is 2.38 bits per heavy atom. The maximum Gasteiger partial charge on any atom is 0.258 e. The number of aromatic nitrogens is 2. The second-order valence-corrected chi connectivity index (χ2v) is 11.1. The zero-order valence-corrected chi connectivity index (χ0v) is 23.0. The van der Waals surface area contributed by atoms with Gasteiger partial charge in [0.15, 0.2) is 5.82 Å². The van der Waals surface area contributed by atoms with Gasteiger partial charge in [-0.25, -0.2) is 0 Å². The molecule has 0 spiro atoms. The van der Waals surface area contributed by atoms with E-state index in [1.165, 1.54) is 0 Å². The zero-order valence-electron chi connectivity index (χ0n) is 22.3. The largest absolute Gasteiger partial charge is 0.380 e. The standard InChI is InChI=1S/C31H31ClN4O3/c1-19(2)28-33-29(39-34-28)20-12-13-27(25(32)18-20)36-16-14-21(15-17-36)31(38)23-9-5-4-8-22(23)30(37)35(3)26-11-7-6-10-24(26)31/h4-13,18-19,21,38H,14-17H2,1-3H3. The van der Waals surface area contributed by atoms with Gasteiger partial charge >= 0.3 is 0 Å². The Labute approximate surface area is 233 Å². The maximum atomic E-state index is 13.4. The smallest absolute Gasteiger partial charge is 0.258 e. The van der Waals surface area contributed by atoms with E-state index >= 15 is 0 Å². The van der Waals surface area contributed by atoms with Crippen molar-refractivity contribution < 1.29 is 14.4 Å². The quantitative estimate of drug-likeness (QED) is 0.328. The summed E-state index contributed by atoms with van der Waals surface area (Å²) in [6.45, 7) is 5.48. The molecule has 1 unspecified atom stereocenters. The summed E-state index contributed by atoms with van der Waals surface area (Å²) < 4.78 is 5.44. The van der Waals surface area contributed by atoms with Gasteiger partial charge in [0.1, 0.15) is 5.60 Å². The lowest BCUT2D eigenvalue weighted by molar-refractivity contribution is 0.00555. The zero-order chi connectivity index (χ0) is 27.3. The van der Waals surface area contributed by atoms with Gasteiger partial charge in [-0.05, 0) is 49.1 Å². The van der Waals surface area contributed by atoms with Crippen LogP contribution in [0.5, 0.6) is 0 Å². The van der Waals surface area contributed by atoms with Crippen molar-refractivity contribution in [3.63, 3.8) is 0 Å². The van der Waals surface area contributed by atoms with Gasteiger partial charge in [-0.15, -0.1) is 0 Å².